The van der Waals surface area contributed by atoms with Crippen LogP contribution in [0.2, 0.25) is 5.02 Å². The minimum atomic E-state index is -0.450. The van der Waals surface area contributed by atoms with E-state index in [2.05, 4.69) is 25.8 Å². The lowest BCUT2D eigenvalue weighted by Crippen LogP contribution is -2.57. The summed E-state index contributed by atoms with van der Waals surface area (Å²) in [6, 6.07) is 7.38. The average Bonchev–Trinajstić information content (AvgIpc) is 3.05. The standard InChI is InChI=1S/C17H22ClN5O/c1-17(9-2-3-10-20-17)16(24)19-11-8-14-21-15(23-22-14)12-4-6-13(18)7-5-12/h4-7,20H,2-3,8-11H2,1H3,(H,19,24)(H,21,22,23). The fourth-order valence-corrected chi connectivity index (χ4v) is 3.00. The van der Waals surface area contributed by atoms with Crippen LogP contribution in [0.25, 0.3) is 11.4 Å². The van der Waals surface area contributed by atoms with Crippen molar-refractivity contribution in [3.8, 4) is 11.4 Å². The van der Waals surface area contributed by atoms with Crippen LogP contribution in [-0.4, -0.2) is 39.7 Å². The van der Waals surface area contributed by atoms with Gasteiger partial charge in [0.05, 0.1) is 5.54 Å². The quantitative estimate of drug-likeness (QED) is 0.775. The van der Waals surface area contributed by atoms with Crippen LogP contribution in [0, 0.1) is 0 Å². The van der Waals surface area contributed by atoms with E-state index < -0.39 is 5.54 Å². The number of hydrogen-bond donors (Lipinski definition) is 3. The fraction of sp³-hybridized carbons (Fsp3) is 0.471. The molecule has 7 heteroatoms. The molecule has 0 radical (unpaired) electrons. The number of aromatic amines is 1. The molecule has 128 valence electrons. The van der Waals surface area contributed by atoms with Gasteiger partial charge in [0.25, 0.3) is 0 Å². The maximum Gasteiger partial charge on any atom is 0.240 e. The number of halogens is 1. The Bertz CT molecular complexity index is 691. The van der Waals surface area contributed by atoms with Gasteiger partial charge < -0.3 is 10.6 Å². The Balaban J connectivity index is 1.52. The molecule has 24 heavy (non-hydrogen) atoms. The molecule has 1 saturated heterocycles. The van der Waals surface area contributed by atoms with Gasteiger partial charge in [-0.3, -0.25) is 9.89 Å². The van der Waals surface area contributed by atoms with Gasteiger partial charge in [0.1, 0.15) is 5.82 Å². The minimum absolute atomic E-state index is 0.0552. The largest absolute Gasteiger partial charge is 0.354 e. The zero-order valence-corrected chi connectivity index (χ0v) is 14.5. The summed E-state index contributed by atoms with van der Waals surface area (Å²) < 4.78 is 0. The number of piperidine rings is 1. The first-order valence-corrected chi connectivity index (χ1v) is 8.65. The number of nitrogens with zero attached hydrogens (tertiary/aromatic N) is 2. The van der Waals surface area contributed by atoms with Crippen molar-refractivity contribution < 1.29 is 4.79 Å². The number of nitrogens with one attached hydrogen (secondary N) is 3. The Morgan fingerprint density at radius 3 is 2.83 bits per heavy atom. The van der Waals surface area contributed by atoms with Crippen LogP contribution in [0.1, 0.15) is 32.0 Å². The summed E-state index contributed by atoms with van der Waals surface area (Å²) in [4.78, 5) is 16.8. The van der Waals surface area contributed by atoms with E-state index in [1.54, 1.807) is 0 Å². The van der Waals surface area contributed by atoms with Gasteiger partial charge in [0, 0.05) is 23.6 Å². The molecule has 6 nitrogen and oxygen atoms in total. The van der Waals surface area contributed by atoms with Crippen molar-refractivity contribution in [2.45, 2.75) is 38.1 Å². The van der Waals surface area contributed by atoms with Gasteiger partial charge in [-0.1, -0.05) is 11.6 Å². The Hall–Kier alpha value is -1.92. The molecule has 0 saturated carbocycles. The molecule has 1 unspecified atom stereocenters. The predicted octanol–water partition coefficient (Wildman–Crippen LogP) is 2.32. The normalized spacial score (nSPS) is 20.8. The predicted molar refractivity (Wildman–Crippen MR) is 93.8 cm³/mol. The van der Waals surface area contributed by atoms with Crippen LogP contribution in [0.3, 0.4) is 0 Å². The van der Waals surface area contributed by atoms with Crippen molar-refractivity contribution >= 4 is 17.5 Å². The summed E-state index contributed by atoms with van der Waals surface area (Å²) >= 11 is 5.88. The van der Waals surface area contributed by atoms with Crippen LogP contribution >= 0.6 is 11.6 Å². The number of carbonyl (C=O) groups is 1. The summed E-state index contributed by atoms with van der Waals surface area (Å²) in [7, 11) is 0. The molecular weight excluding hydrogens is 326 g/mol. The molecule has 1 aromatic carbocycles. The molecular formula is C17H22ClN5O. The first-order valence-electron chi connectivity index (χ1n) is 8.27. The number of carbonyl (C=O) groups excluding carboxylic acids is 1. The summed E-state index contributed by atoms with van der Waals surface area (Å²) in [5, 5.41) is 14.1. The van der Waals surface area contributed by atoms with Gasteiger partial charge >= 0.3 is 0 Å². The molecule has 0 aliphatic carbocycles. The maximum atomic E-state index is 12.3. The molecule has 1 aromatic heterocycles. The van der Waals surface area contributed by atoms with Crippen molar-refractivity contribution in [1.29, 1.82) is 0 Å². The van der Waals surface area contributed by atoms with Gasteiger partial charge in [0.2, 0.25) is 5.91 Å². The maximum absolute atomic E-state index is 12.3. The number of rotatable bonds is 5. The number of hydrogen-bond acceptors (Lipinski definition) is 4. The van der Waals surface area contributed by atoms with Crippen molar-refractivity contribution in [1.82, 2.24) is 25.8 Å². The van der Waals surface area contributed by atoms with E-state index in [9.17, 15) is 4.79 Å². The monoisotopic (exact) mass is 347 g/mol. The third-order valence-electron chi connectivity index (χ3n) is 4.40. The Morgan fingerprint density at radius 1 is 1.33 bits per heavy atom. The first kappa shape index (κ1) is 16.9. The second-order valence-electron chi connectivity index (χ2n) is 6.33. The van der Waals surface area contributed by atoms with E-state index >= 15 is 0 Å². The molecule has 0 spiro atoms. The molecule has 0 bridgehead atoms. The molecule has 2 heterocycles. The molecule has 3 N–H and O–H groups in total. The highest BCUT2D eigenvalue weighted by Crippen LogP contribution is 2.19. The third-order valence-corrected chi connectivity index (χ3v) is 4.65. The Kier molecular flexibility index (Phi) is 5.16. The zero-order chi connectivity index (χ0) is 17.0. The second kappa shape index (κ2) is 7.32. The highest BCUT2D eigenvalue weighted by atomic mass is 35.5. The van der Waals surface area contributed by atoms with E-state index in [0.717, 1.165) is 37.2 Å². The minimum Gasteiger partial charge on any atom is -0.354 e. The number of amides is 1. The van der Waals surface area contributed by atoms with E-state index in [0.29, 0.717) is 23.8 Å². The lowest BCUT2D eigenvalue weighted by molar-refractivity contribution is -0.127. The van der Waals surface area contributed by atoms with Crippen molar-refractivity contribution in [3.63, 3.8) is 0 Å². The summed E-state index contributed by atoms with van der Waals surface area (Å²) in [6.07, 6.45) is 3.71. The van der Waals surface area contributed by atoms with Crippen molar-refractivity contribution in [2.75, 3.05) is 13.1 Å². The van der Waals surface area contributed by atoms with Crippen LogP contribution in [0.5, 0.6) is 0 Å². The number of aromatic nitrogens is 3. The zero-order valence-electron chi connectivity index (χ0n) is 13.7. The van der Waals surface area contributed by atoms with Gasteiger partial charge in [-0.25, -0.2) is 4.98 Å². The average molecular weight is 348 g/mol. The highest BCUT2D eigenvalue weighted by molar-refractivity contribution is 6.30. The van der Waals surface area contributed by atoms with Crippen molar-refractivity contribution in [2.24, 2.45) is 0 Å². The van der Waals surface area contributed by atoms with Gasteiger partial charge in [-0.2, -0.15) is 5.10 Å². The molecule has 1 aliphatic rings. The number of benzene rings is 1. The highest BCUT2D eigenvalue weighted by Gasteiger charge is 2.33. The third kappa shape index (κ3) is 3.94. The van der Waals surface area contributed by atoms with Gasteiger partial charge in [-0.15, -0.1) is 0 Å². The SMILES string of the molecule is CC1(C(=O)NCCc2nc(-c3ccc(Cl)cc3)n[nH]2)CCCCN1. The molecule has 1 fully saturated rings. The summed E-state index contributed by atoms with van der Waals surface area (Å²) in [5.74, 6) is 1.44. The Labute approximate surface area is 146 Å². The molecule has 1 aliphatic heterocycles. The van der Waals surface area contributed by atoms with E-state index in [1.807, 2.05) is 31.2 Å². The smallest absolute Gasteiger partial charge is 0.240 e. The number of H-pyrrole nitrogens is 1. The van der Waals surface area contributed by atoms with Crippen LogP contribution in [0.4, 0.5) is 0 Å². The lowest BCUT2D eigenvalue weighted by Gasteiger charge is -2.33. The Morgan fingerprint density at radius 2 is 2.12 bits per heavy atom. The van der Waals surface area contributed by atoms with Crippen LogP contribution in [-0.2, 0) is 11.2 Å². The lowest BCUT2D eigenvalue weighted by atomic mass is 9.90. The van der Waals surface area contributed by atoms with Crippen LogP contribution < -0.4 is 10.6 Å². The van der Waals surface area contributed by atoms with Gasteiger partial charge in [-0.05, 0) is 57.0 Å². The second-order valence-corrected chi connectivity index (χ2v) is 6.77. The summed E-state index contributed by atoms with van der Waals surface area (Å²) in [5.41, 5.74) is 0.457. The molecule has 2 aromatic rings. The van der Waals surface area contributed by atoms with E-state index in [1.165, 1.54) is 0 Å². The van der Waals surface area contributed by atoms with Crippen LogP contribution in [0.15, 0.2) is 24.3 Å². The van der Waals surface area contributed by atoms with Gasteiger partial charge in [0.15, 0.2) is 5.82 Å². The molecule has 1 amide bonds. The fourth-order valence-electron chi connectivity index (χ4n) is 2.87. The van der Waals surface area contributed by atoms with E-state index in [4.69, 9.17) is 11.6 Å². The topological polar surface area (TPSA) is 82.7 Å². The molecule has 1 atom stereocenters. The molecule has 3 rings (SSSR count). The van der Waals surface area contributed by atoms with E-state index in [-0.39, 0.29) is 5.91 Å². The summed E-state index contributed by atoms with van der Waals surface area (Å²) in [6.45, 7) is 3.40. The first-order chi connectivity index (χ1) is 11.6. The van der Waals surface area contributed by atoms with Crippen molar-refractivity contribution in [3.05, 3.63) is 35.1 Å².